The van der Waals surface area contributed by atoms with E-state index < -0.39 is 0 Å². The lowest BCUT2D eigenvalue weighted by atomic mass is 10.3. The fraction of sp³-hybridized carbons (Fsp3) is 0.0625. The maximum atomic E-state index is 11.6. The molecule has 2 heterocycles. The highest BCUT2D eigenvalue weighted by Gasteiger charge is 2.06. The standard InChI is InChI=1S/C16H9ClN2O2S/c17-11-5-6-13-14(9-11)18-10-12(19-13)3-1-7-21-16(20)15-4-2-8-22-15/h2,4-6,8-10H,7H2. The number of carbonyl (C=O) groups is 1. The van der Waals surface area contributed by atoms with Gasteiger partial charge in [0.15, 0.2) is 6.61 Å². The summed E-state index contributed by atoms with van der Waals surface area (Å²) >= 11 is 7.22. The molecule has 0 aliphatic heterocycles. The Balaban J connectivity index is 1.66. The van der Waals surface area contributed by atoms with Gasteiger partial charge in [0, 0.05) is 5.02 Å². The lowest BCUT2D eigenvalue weighted by Gasteiger charge is -1.98. The molecule has 0 saturated heterocycles. The van der Waals surface area contributed by atoms with Gasteiger partial charge in [-0.3, -0.25) is 4.98 Å². The summed E-state index contributed by atoms with van der Waals surface area (Å²) in [6.07, 6.45) is 1.56. The molecule has 0 atom stereocenters. The van der Waals surface area contributed by atoms with Crippen molar-refractivity contribution in [3.63, 3.8) is 0 Å². The van der Waals surface area contributed by atoms with Gasteiger partial charge in [0.1, 0.15) is 10.6 Å². The monoisotopic (exact) mass is 328 g/mol. The van der Waals surface area contributed by atoms with Crippen molar-refractivity contribution in [3.8, 4) is 11.8 Å². The maximum Gasteiger partial charge on any atom is 0.349 e. The fourth-order valence-corrected chi connectivity index (χ4v) is 2.52. The number of esters is 1. The molecule has 0 saturated carbocycles. The van der Waals surface area contributed by atoms with Crippen LogP contribution in [0, 0.1) is 11.8 Å². The number of rotatable bonds is 2. The van der Waals surface area contributed by atoms with E-state index in [0.29, 0.717) is 26.6 Å². The Labute approximate surface area is 135 Å². The number of halogens is 1. The Morgan fingerprint density at radius 3 is 3.05 bits per heavy atom. The summed E-state index contributed by atoms with van der Waals surface area (Å²) in [6, 6.07) is 8.78. The number of thiophene rings is 1. The fourth-order valence-electron chi connectivity index (χ4n) is 1.74. The molecule has 2 aromatic heterocycles. The van der Waals surface area contributed by atoms with Crippen molar-refractivity contribution in [2.24, 2.45) is 0 Å². The van der Waals surface area contributed by atoms with Gasteiger partial charge in [-0.25, -0.2) is 9.78 Å². The van der Waals surface area contributed by atoms with Gasteiger partial charge in [0.25, 0.3) is 0 Å². The first-order valence-electron chi connectivity index (χ1n) is 6.34. The largest absolute Gasteiger partial charge is 0.448 e. The van der Waals surface area contributed by atoms with E-state index in [1.54, 1.807) is 36.5 Å². The zero-order valence-corrected chi connectivity index (χ0v) is 12.8. The van der Waals surface area contributed by atoms with Gasteiger partial charge in [-0.1, -0.05) is 23.6 Å². The molecular weight excluding hydrogens is 320 g/mol. The van der Waals surface area contributed by atoms with E-state index in [-0.39, 0.29) is 12.6 Å². The van der Waals surface area contributed by atoms with Crippen LogP contribution in [0.3, 0.4) is 0 Å². The molecule has 0 amide bonds. The van der Waals surface area contributed by atoms with Crippen molar-refractivity contribution < 1.29 is 9.53 Å². The molecule has 108 valence electrons. The topological polar surface area (TPSA) is 52.1 Å². The highest BCUT2D eigenvalue weighted by atomic mass is 35.5. The van der Waals surface area contributed by atoms with Gasteiger partial charge in [-0.05, 0) is 35.6 Å². The highest BCUT2D eigenvalue weighted by Crippen LogP contribution is 2.15. The molecule has 0 bridgehead atoms. The molecule has 0 fully saturated rings. The number of aromatic nitrogens is 2. The molecule has 0 N–H and O–H groups in total. The lowest BCUT2D eigenvalue weighted by Crippen LogP contribution is -2.02. The number of ether oxygens (including phenoxy) is 1. The Morgan fingerprint density at radius 1 is 1.32 bits per heavy atom. The van der Waals surface area contributed by atoms with Crippen molar-refractivity contribution >= 4 is 39.9 Å². The van der Waals surface area contributed by atoms with Crippen LogP contribution < -0.4 is 0 Å². The van der Waals surface area contributed by atoms with E-state index >= 15 is 0 Å². The zero-order valence-electron chi connectivity index (χ0n) is 11.2. The molecule has 1 aromatic carbocycles. The van der Waals surface area contributed by atoms with Gasteiger partial charge in [-0.15, -0.1) is 11.3 Å². The predicted molar refractivity (Wildman–Crippen MR) is 86.0 cm³/mol. The third kappa shape index (κ3) is 3.42. The minimum absolute atomic E-state index is 0.0110. The molecule has 0 radical (unpaired) electrons. The van der Waals surface area contributed by atoms with Crippen LogP contribution in [0.5, 0.6) is 0 Å². The first-order valence-corrected chi connectivity index (χ1v) is 7.60. The first kappa shape index (κ1) is 14.5. The number of benzene rings is 1. The average Bonchev–Trinajstić information content (AvgIpc) is 3.06. The summed E-state index contributed by atoms with van der Waals surface area (Å²) in [7, 11) is 0. The van der Waals surface area contributed by atoms with Crippen molar-refractivity contribution in [1.82, 2.24) is 9.97 Å². The second-order valence-corrected chi connectivity index (χ2v) is 5.63. The highest BCUT2D eigenvalue weighted by molar-refractivity contribution is 7.11. The maximum absolute atomic E-state index is 11.6. The Hall–Kier alpha value is -2.42. The quantitative estimate of drug-likeness (QED) is 0.533. The molecule has 0 spiro atoms. The van der Waals surface area contributed by atoms with E-state index in [1.807, 2.05) is 5.38 Å². The minimum atomic E-state index is -0.372. The predicted octanol–water partition coefficient (Wildman–Crippen LogP) is 3.55. The number of carbonyl (C=O) groups excluding carboxylic acids is 1. The SMILES string of the molecule is O=C(OCC#Cc1cnc2cc(Cl)ccc2n1)c1cccs1. The van der Waals surface area contributed by atoms with Gasteiger partial charge in [-0.2, -0.15) is 0 Å². The Bertz CT molecular complexity index is 882. The van der Waals surface area contributed by atoms with Crippen LogP contribution in [0.25, 0.3) is 11.0 Å². The van der Waals surface area contributed by atoms with Gasteiger partial charge >= 0.3 is 5.97 Å². The van der Waals surface area contributed by atoms with Crippen molar-refractivity contribution in [1.29, 1.82) is 0 Å². The van der Waals surface area contributed by atoms with Crippen LogP contribution in [0.1, 0.15) is 15.4 Å². The summed E-state index contributed by atoms with van der Waals surface area (Å²) < 4.78 is 5.04. The van der Waals surface area contributed by atoms with Crippen LogP contribution in [0.15, 0.2) is 41.9 Å². The second kappa shape index (κ2) is 6.56. The number of fused-ring (bicyclic) bond motifs is 1. The van der Waals surface area contributed by atoms with Gasteiger partial charge in [0.05, 0.1) is 17.2 Å². The van der Waals surface area contributed by atoms with Gasteiger partial charge in [0.2, 0.25) is 0 Å². The zero-order chi connectivity index (χ0) is 15.4. The van der Waals surface area contributed by atoms with Crippen LogP contribution >= 0.6 is 22.9 Å². The van der Waals surface area contributed by atoms with E-state index in [9.17, 15) is 4.79 Å². The van der Waals surface area contributed by atoms with Crippen LogP contribution in [0.4, 0.5) is 0 Å². The Kier molecular flexibility index (Phi) is 4.33. The van der Waals surface area contributed by atoms with Gasteiger partial charge < -0.3 is 4.74 Å². The third-order valence-corrected chi connectivity index (χ3v) is 3.80. The number of nitrogens with zero attached hydrogens (tertiary/aromatic N) is 2. The normalized spacial score (nSPS) is 10.0. The lowest BCUT2D eigenvalue weighted by molar-refractivity contribution is 0.0562. The summed E-state index contributed by atoms with van der Waals surface area (Å²) in [4.78, 5) is 20.8. The van der Waals surface area contributed by atoms with E-state index in [2.05, 4.69) is 21.8 Å². The van der Waals surface area contributed by atoms with Crippen molar-refractivity contribution in [2.45, 2.75) is 0 Å². The molecule has 22 heavy (non-hydrogen) atoms. The molecule has 3 rings (SSSR count). The Morgan fingerprint density at radius 2 is 2.23 bits per heavy atom. The van der Waals surface area contributed by atoms with Crippen molar-refractivity contribution in [3.05, 3.63) is 57.5 Å². The first-order chi connectivity index (χ1) is 10.7. The molecule has 0 unspecified atom stereocenters. The molecule has 0 aliphatic rings. The summed E-state index contributed by atoms with van der Waals surface area (Å²) in [5, 5.41) is 2.43. The number of hydrogen-bond acceptors (Lipinski definition) is 5. The minimum Gasteiger partial charge on any atom is -0.448 e. The number of hydrogen-bond donors (Lipinski definition) is 0. The molecule has 6 heteroatoms. The van der Waals surface area contributed by atoms with Crippen LogP contribution in [0.2, 0.25) is 5.02 Å². The average molecular weight is 329 g/mol. The summed E-state index contributed by atoms with van der Waals surface area (Å²) in [5.74, 6) is 5.20. The second-order valence-electron chi connectivity index (χ2n) is 4.24. The van der Waals surface area contributed by atoms with Crippen LogP contribution in [-0.2, 0) is 4.74 Å². The van der Waals surface area contributed by atoms with E-state index in [1.165, 1.54) is 11.3 Å². The van der Waals surface area contributed by atoms with Crippen LogP contribution in [-0.4, -0.2) is 22.5 Å². The molecule has 0 aliphatic carbocycles. The third-order valence-electron chi connectivity index (χ3n) is 2.72. The molecule has 3 aromatic rings. The molecular formula is C16H9ClN2O2S. The van der Waals surface area contributed by atoms with Crippen molar-refractivity contribution in [2.75, 3.05) is 6.61 Å². The summed E-state index contributed by atoms with van der Waals surface area (Å²) in [5.41, 5.74) is 1.94. The van der Waals surface area contributed by atoms with E-state index in [4.69, 9.17) is 16.3 Å². The summed E-state index contributed by atoms with van der Waals surface area (Å²) in [6.45, 7) is 0.0110. The smallest absolute Gasteiger partial charge is 0.349 e. The van der Waals surface area contributed by atoms with E-state index in [0.717, 1.165) is 0 Å². The molecule has 4 nitrogen and oxygen atoms in total.